The predicted molar refractivity (Wildman–Crippen MR) is 69.6 cm³/mol. The minimum atomic E-state index is -3.57. The molecule has 2 unspecified atom stereocenters. The Balaban J connectivity index is 2.42. The number of sulfonamides is 1. The van der Waals surface area contributed by atoms with Crippen molar-refractivity contribution in [3.63, 3.8) is 0 Å². The zero-order valence-electron chi connectivity index (χ0n) is 10.5. The van der Waals surface area contributed by atoms with E-state index in [1.54, 1.807) is 25.1 Å². The molecule has 1 aliphatic heterocycles. The molecule has 0 saturated carbocycles. The number of carboxylic acids is 1. The molecule has 0 fully saturated rings. The van der Waals surface area contributed by atoms with Crippen LogP contribution in [0, 0.1) is 5.92 Å². The molecule has 7 heteroatoms. The van der Waals surface area contributed by atoms with Gasteiger partial charge in [-0.3, -0.25) is 14.5 Å². The zero-order valence-corrected chi connectivity index (χ0v) is 11.3. The van der Waals surface area contributed by atoms with Crippen molar-refractivity contribution in [2.45, 2.75) is 24.8 Å². The largest absolute Gasteiger partial charge is 0.481 e. The number of carboxylic acid groups (broad SMARTS) is 1. The number of fused-ring (bicyclic) bond motifs is 1. The second-order valence-electron chi connectivity index (χ2n) is 4.45. The van der Waals surface area contributed by atoms with Crippen LogP contribution >= 0.6 is 0 Å². The van der Waals surface area contributed by atoms with Gasteiger partial charge in [-0.05, 0) is 26.0 Å². The fourth-order valence-corrected chi connectivity index (χ4v) is 2.99. The molecule has 0 aromatic heterocycles. The van der Waals surface area contributed by atoms with Crippen LogP contribution in [0.3, 0.4) is 0 Å². The molecule has 19 heavy (non-hydrogen) atoms. The highest BCUT2D eigenvalue weighted by Crippen LogP contribution is 2.23. The smallest absolute Gasteiger partial charge is 0.308 e. The summed E-state index contributed by atoms with van der Waals surface area (Å²) in [7, 11) is -3.57. The third kappa shape index (κ3) is 2.46. The number of benzene rings is 1. The summed E-state index contributed by atoms with van der Waals surface area (Å²) in [6.45, 7) is 3.17. The maximum atomic E-state index is 11.8. The summed E-state index contributed by atoms with van der Waals surface area (Å²) in [5, 5.41) is 8.92. The van der Waals surface area contributed by atoms with E-state index in [0.717, 1.165) is 0 Å². The van der Waals surface area contributed by atoms with Crippen LogP contribution in [0.2, 0.25) is 0 Å². The molecule has 0 radical (unpaired) electrons. The quantitative estimate of drug-likeness (QED) is 0.858. The molecule has 1 aromatic rings. The fourth-order valence-electron chi connectivity index (χ4n) is 1.75. The first-order valence-electron chi connectivity index (χ1n) is 5.76. The molecule has 0 amide bonds. The average molecular weight is 282 g/mol. The number of rotatable bonds is 3. The predicted octanol–water partition coefficient (Wildman–Crippen LogP) is 0.834. The molecule has 0 bridgehead atoms. The van der Waals surface area contributed by atoms with Crippen LogP contribution in [0.25, 0.3) is 0 Å². The van der Waals surface area contributed by atoms with E-state index in [0.29, 0.717) is 5.56 Å². The minimum absolute atomic E-state index is 0.170. The van der Waals surface area contributed by atoms with Crippen molar-refractivity contribution in [2.75, 3.05) is 0 Å². The lowest BCUT2D eigenvalue weighted by Gasteiger charge is -2.12. The van der Waals surface area contributed by atoms with Crippen LogP contribution < -0.4 is 4.72 Å². The Bertz CT molecular complexity index is 651. The van der Waals surface area contributed by atoms with Crippen LogP contribution in [0.15, 0.2) is 34.2 Å². The monoisotopic (exact) mass is 282 g/mol. The average Bonchev–Trinajstić information content (AvgIpc) is 2.60. The Kier molecular flexibility index (Phi) is 3.32. The molecule has 2 atom stereocenters. The molecule has 0 spiro atoms. The van der Waals surface area contributed by atoms with Gasteiger partial charge in [0.1, 0.15) is 5.84 Å². The molecule has 2 rings (SSSR count). The van der Waals surface area contributed by atoms with Gasteiger partial charge in [0.25, 0.3) is 10.0 Å². The second-order valence-corrected chi connectivity index (χ2v) is 6.10. The van der Waals surface area contributed by atoms with Crippen LogP contribution in [-0.4, -0.2) is 31.4 Å². The first kappa shape index (κ1) is 13.5. The number of amidine groups is 1. The first-order valence-corrected chi connectivity index (χ1v) is 7.24. The highest BCUT2D eigenvalue weighted by atomic mass is 32.2. The van der Waals surface area contributed by atoms with Crippen molar-refractivity contribution in [1.29, 1.82) is 0 Å². The molecule has 0 aliphatic carbocycles. The van der Waals surface area contributed by atoms with Gasteiger partial charge in [0.2, 0.25) is 0 Å². The Morgan fingerprint density at radius 1 is 1.32 bits per heavy atom. The summed E-state index contributed by atoms with van der Waals surface area (Å²) in [6, 6.07) is 5.95. The van der Waals surface area contributed by atoms with Gasteiger partial charge >= 0.3 is 5.97 Å². The summed E-state index contributed by atoms with van der Waals surface area (Å²) in [4.78, 5) is 15.2. The van der Waals surface area contributed by atoms with Gasteiger partial charge in [-0.15, -0.1) is 0 Å². The lowest BCUT2D eigenvalue weighted by molar-refractivity contribution is -0.141. The summed E-state index contributed by atoms with van der Waals surface area (Å²) >= 11 is 0. The van der Waals surface area contributed by atoms with Gasteiger partial charge in [-0.25, -0.2) is 8.42 Å². The third-order valence-corrected chi connectivity index (χ3v) is 4.51. The Hall–Kier alpha value is -1.89. The third-order valence-electron chi connectivity index (χ3n) is 3.11. The van der Waals surface area contributed by atoms with Gasteiger partial charge in [-0.1, -0.05) is 12.1 Å². The summed E-state index contributed by atoms with van der Waals surface area (Å²) in [5.41, 5.74) is 0.479. The maximum absolute atomic E-state index is 11.8. The number of nitrogens with one attached hydrogen (secondary N) is 1. The number of aliphatic carboxylic acids is 1. The Morgan fingerprint density at radius 2 is 1.95 bits per heavy atom. The van der Waals surface area contributed by atoms with Crippen molar-refractivity contribution >= 4 is 21.8 Å². The second kappa shape index (κ2) is 4.65. The lowest BCUT2D eigenvalue weighted by Crippen LogP contribution is -2.27. The SMILES string of the molecule is CC(N=C1NS(=O)(=O)c2ccccc21)C(C)C(=O)O. The highest BCUT2D eigenvalue weighted by molar-refractivity contribution is 7.90. The Labute approximate surface area is 111 Å². The molecule has 6 nitrogen and oxygen atoms in total. The van der Waals surface area contributed by atoms with E-state index >= 15 is 0 Å². The van der Waals surface area contributed by atoms with Crippen LogP contribution in [0.4, 0.5) is 0 Å². The van der Waals surface area contributed by atoms with E-state index in [4.69, 9.17) is 5.11 Å². The van der Waals surface area contributed by atoms with Crippen molar-refractivity contribution in [2.24, 2.45) is 10.9 Å². The van der Waals surface area contributed by atoms with Crippen molar-refractivity contribution in [3.05, 3.63) is 29.8 Å². The van der Waals surface area contributed by atoms with Crippen LogP contribution in [0.5, 0.6) is 0 Å². The summed E-state index contributed by atoms with van der Waals surface area (Å²) < 4.78 is 26.0. The van der Waals surface area contributed by atoms with Gasteiger partial charge in [0.15, 0.2) is 0 Å². The minimum Gasteiger partial charge on any atom is -0.481 e. The molecule has 1 aliphatic rings. The number of hydrogen-bond acceptors (Lipinski definition) is 4. The number of nitrogens with zero attached hydrogens (tertiary/aromatic N) is 1. The highest BCUT2D eigenvalue weighted by Gasteiger charge is 2.31. The summed E-state index contributed by atoms with van der Waals surface area (Å²) in [5.74, 6) is -1.45. The van der Waals surface area contributed by atoms with Crippen molar-refractivity contribution in [3.8, 4) is 0 Å². The summed E-state index contributed by atoms with van der Waals surface area (Å²) in [6.07, 6.45) is 0. The number of carbonyl (C=O) groups is 1. The van der Waals surface area contributed by atoms with Crippen molar-refractivity contribution < 1.29 is 18.3 Å². The van der Waals surface area contributed by atoms with Gasteiger partial charge in [-0.2, -0.15) is 0 Å². The van der Waals surface area contributed by atoms with E-state index in [9.17, 15) is 13.2 Å². The van der Waals surface area contributed by atoms with E-state index in [1.807, 2.05) is 0 Å². The first-order chi connectivity index (χ1) is 8.83. The van der Waals surface area contributed by atoms with Gasteiger partial charge in [0.05, 0.1) is 16.9 Å². The zero-order chi connectivity index (χ0) is 14.2. The van der Waals surface area contributed by atoms with Crippen LogP contribution in [0.1, 0.15) is 19.4 Å². The molecule has 1 aromatic carbocycles. The van der Waals surface area contributed by atoms with E-state index < -0.39 is 28.0 Å². The Morgan fingerprint density at radius 3 is 2.58 bits per heavy atom. The van der Waals surface area contributed by atoms with E-state index in [2.05, 4.69) is 9.71 Å². The van der Waals surface area contributed by atoms with E-state index in [1.165, 1.54) is 13.0 Å². The molecule has 1 heterocycles. The normalized spacial score (nSPS) is 21.5. The fraction of sp³-hybridized carbons (Fsp3) is 0.333. The van der Waals surface area contributed by atoms with Crippen molar-refractivity contribution in [1.82, 2.24) is 4.72 Å². The van der Waals surface area contributed by atoms with Gasteiger partial charge < -0.3 is 5.11 Å². The lowest BCUT2D eigenvalue weighted by atomic mass is 10.0. The number of hydrogen-bond donors (Lipinski definition) is 2. The van der Waals surface area contributed by atoms with Crippen LogP contribution in [-0.2, 0) is 14.8 Å². The standard InChI is InChI=1S/C12H14N2O4S/c1-7(12(15)16)8(2)13-11-9-5-3-4-6-10(9)19(17,18)14-11/h3-8H,1-2H3,(H,13,14)(H,15,16). The number of aliphatic imine (C=N–C) groups is 1. The van der Waals surface area contributed by atoms with E-state index in [-0.39, 0.29) is 10.7 Å². The molecule has 102 valence electrons. The molecule has 0 saturated heterocycles. The maximum Gasteiger partial charge on any atom is 0.308 e. The molecular formula is C12H14N2O4S. The molecule has 2 N–H and O–H groups in total. The molecular weight excluding hydrogens is 268 g/mol. The van der Waals surface area contributed by atoms with Gasteiger partial charge in [0, 0.05) is 5.56 Å². The topological polar surface area (TPSA) is 95.8 Å².